The Hall–Kier alpha value is -1.95. The lowest BCUT2D eigenvalue weighted by atomic mass is 10.1. The van der Waals surface area contributed by atoms with Crippen LogP contribution in [0.4, 0.5) is 0 Å². The maximum atomic E-state index is 6.10. The molecule has 282 valence electrons. The van der Waals surface area contributed by atoms with Gasteiger partial charge >= 0.3 is 0 Å². The van der Waals surface area contributed by atoms with Crippen LogP contribution in [0.1, 0.15) is 174 Å². The molecule has 1 aromatic rings. The summed E-state index contributed by atoms with van der Waals surface area (Å²) in [7, 11) is 0. The van der Waals surface area contributed by atoms with E-state index in [9.17, 15) is 0 Å². The van der Waals surface area contributed by atoms with Gasteiger partial charge in [0.05, 0.1) is 31.3 Å². The summed E-state index contributed by atoms with van der Waals surface area (Å²) in [6.45, 7) is 8.53. The average Bonchev–Trinajstić information content (AvgIpc) is 3.64. The number of nitrogens with one attached hydrogen (secondary N) is 2. The van der Waals surface area contributed by atoms with E-state index in [0.717, 1.165) is 57.6 Å². The van der Waals surface area contributed by atoms with E-state index in [1.807, 2.05) is 6.20 Å². The Balaban J connectivity index is 2.02. The van der Waals surface area contributed by atoms with E-state index in [0.29, 0.717) is 13.2 Å². The Morgan fingerprint density at radius 1 is 0.571 bits per heavy atom. The third-order valence-corrected chi connectivity index (χ3v) is 8.99. The molecule has 0 saturated carbocycles. The van der Waals surface area contributed by atoms with Crippen LogP contribution in [0.2, 0.25) is 0 Å². The van der Waals surface area contributed by atoms with Gasteiger partial charge < -0.3 is 19.8 Å². The Morgan fingerprint density at radius 3 is 1.43 bits per heavy atom. The summed E-state index contributed by atoms with van der Waals surface area (Å²) in [6.07, 6.45) is 53.9. The number of aromatic amines is 1. The van der Waals surface area contributed by atoms with Crippen molar-refractivity contribution in [1.29, 1.82) is 0 Å². The van der Waals surface area contributed by atoms with E-state index < -0.39 is 0 Å². The Kier molecular flexibility index (Phi) is 35.7. The highest BCUT2D eigenvalue weighted by molar-refractivity contribution is 4.95. The van der Waals surface area contributed by atoms with E-state index >= 15 is 0 Å². The molecule has 0 aliphatic carbocycles. The van der Waals surface area contributed by atoms with Gasteiger partial charge in [-0.1, -0.05) is 140 Å². The van der Waals surface area contributed by atoms with Crippen molar-refractivity contribution < 1.29 is 9.47 Å². The number of allylic oxidation sites excluding steroid dienone is 8. The van der Waals surface area contributed by atoms with Gasteiger partial charge in [-0.2, -0.15) is 0 Å². The first kappa shape index (κ1) is 45.1. The summed E-state index contributed by atoms with van der Waals surface area (Å²) >= 11 is 0. The monoisotopic (exact) mass is 682 g/mol. The van der Waals surface area contributed by atoms with Gasteiger partial charge in [0.2, 0.25) is 0 Å². The number of rotatable bonds is 38. The summed E-state index contributed by atoms with van der Waals surface area (Å²) in [5.41, 5.74) is 1.09. The van der Waals surface area contributed by atoms with Crippen LogP contribution in [-0.4, -0.2) is 49.0 Å². The predicted octanol–water partition coefficient (Wildman–Crippen LogP) is 12.6. The van der Waals surface area contributed by atoms with Crippen LogP contribution < -0.4 is 5.32 Å². The van der Waals surface area contributed by atoms with Crippen molar-refractivity contribution in [3.05, 3.63) is 66.8 Å². The Labute approximate surface area is 304 Å². The molecule has 0 aliphatic heterocycles. The molecule has 0 bridgehead atoms. The molecule has 5 nitrogen and oxygen atoms in total. The zero-order chi connectivity index (χ0) is 35.0. The molecule has 0 saturated heterocycles. The minimum Gasteiger partial charge on any atom is -0.380 e. The molecule has 1 heterocycles. The normalized spacial score (nSPS) is 12.4. The zero-order valence-electron chi connectivity index (χ0n) is 32.3. The molecule has 1 aromatic heterocycles. The fourth-order valence-corrected chi connectivity index (χ4v) is 5.83. The minimum absolute atomic E-state index is 0.230. The largest absolute Gasteiger partial charge is 0.380 e. The molecule has 0 amide bonds. The van der Waals surface area contributed by atoms with E-state index in [1.165, 1.54) is 128 Å². The summed E-state index contributed by atoms with van der Waals surface area (Å²) < 4.78 is 12.2. The van der Waals surface area contributed by atoms with Gasteiger partial charge in [0.25, 0.3) is 0 Å². The first-order chi connectivity index (χ1) is 24.4. The Morgan fingerprint density at radius 2 is 1.00 bits per heavy atom. The van der Waals surface area contributed by atoms with E-state index in [1.54, 1.807) is 6.33 Å². The third-order valence-electron chi connectivity index (χ3n) is 8.99. The summed E-state index contributed by atoms with van der Waals surface area (Å²) in [5, 5.41) is 3.65. The van der Waals surface area contributed by atoms with Crippen LogP contribution >= 0.6 is 0 Å². The third kappa shape index (κ3) is 34.3. The number of imidazole rings is 1. The first-order valence-electron chi connectivity index (χ1n) is 20.8. The Bertz CT molecular complexity index is 825. The highest BCUT2D eigenvalue weighted by atomic mass is 16.5. The summed E-state index contributed by atoms with van der Waals surface area (Å²) in [4.78, 5) is 7.39. The molecule has 0 aliphatic rings. The molecule has 0 atom stereocenters. The number of hydrogen-bond donors (Lipinski definition) is 2. The highest BCUT2D eigenvalue weighted by Crippen LogP contribution is 2.10. The number of H-pyrrole nitrogens is 1. The van der Waals surface area contributed by atoms with Gasteiger partial charge in [-0.15, -0.1) is 0 Å². The first-order valence-corrected chi connectivity index (χ1v) is 20.8. The predicted molar refractivity (Wildman–Crippen MR) is 214 cm³/mol. The van der Waals surface area contributed by atoms with Gasteiger partial charge in [-0.05, 0) is 77.0 Å². The van der Waals surface area contributed by atoms with E-state index in [4.69, 9.17) is 9.47 Å². The molecule has 49 heavy (non-hydrogen) atoms. The molecule has 0 spiro atoms. The standard InChI is InChI=1S/C44H79N3O2/c1-3-5-7-9-11-13-15-17-19-21-23-25-27-29-31-33-37-48-40-44(46-36-35-43-39-45-42-47-43)41-49-38-34-32-30-28-26-24-22-20-18-16-14-12-10-8-6-4-2/h11-14,17-20,39,42,44,46H,3-10,15-16,21-38,40-41H2,1-2H3,(H,45,47)/b13-11-,14-12-,19-17-,20-18-. The lowest BCUT2D eigenvalue weighted by Crippen LogP contribution is -2.39. The second kappa shape index (κ2) is 38.8. The number of aromatic nitrogens is 2. The average molecular weight is 682 g/mol. The van der Waals surface area contributed by atoms with Gasteiger partial charge in [-0.25, -0.2) is 4.98 Å². The number of ether oxygens (including phenoxy) is 2. The summed E-state index contributed by atoms with van der Waals surface area (Å²) in [6, 6.07) is 0.230. The van der Waals surface area contributed by atoms with Crippen molar-refractivity contribution >= 4 is 0 Å². The minimum atomic E-state index is 0.230. The van der Waals surface area contributed by atoms with Crippen LogP contribution in [0.5, 0.6) is 0 Å². The van der Waals surface area contributed by atoms with Crippen molar-refractivity contribution in [3.63, 3.8) is 0 Å². The molecule has 0 radical (unpaired) electrons. The lowest BCUT2D eigenvalue weighted by Gasteiger charge is -2.19. The van der Waals surface area contributed by atoms with Crippen LogP contribution in [0.25, 0.3) is 0 Å². The van der Waals surface area contributed by atoms with Gasteiger partial charge in [0.1, 0.15) is 0 Å². The maximum Gasteiger partial charge on any atom is 0.0923 e. The fourth-order valence-electron chi connectivity index (χ4n) is 5.83. The van der Waals surface area contributed by atoms with Crippen molar-refractivity contribution in [2.45, 2.75) is 180 Å². The van der Waals surface area contributed by atoms with Crippen molar-refractivity contribution in [3.8, 4) is 0 Å². The number of nitrogens with zero attached hydrogens (tertiary/aromatic N) is 1. The maximum absolute atomic E-state index is 6.10. The summed E-state index contributed by atoms with van der Waals surface area (Å²) in [5.74, 6) is 0. The van der Waals surface area contributed by atoms with Crippen molar-refractivity contribution in [2.24, 2.45) is 0 Å². The van der Waals surface area contributed by atoms with Crippen molar-refractivity contribution in [2.75, 3.05) is 33.0 Å². The second-order valence-corrected chi connectivity index (χ2v) is 13.8. The molecule has 0 fully saturated rings. The molecule has 2 N–H and O–H groups in total. The molecule has 0 unspecified atom stereocenters. The van der Waals surface area contributed by atoms with E-state index in [-0.39, 0.29) is 6.04 Å². The van der Waals surface area contributed by atoms with E-state index in [2.05, 4.69) is 77.7 Å². The topological polar surface area (TPSA) is 59.2 Å². The highest BCUT2D eigenvalue weighted by Gasteiger charge is 2.09. The van der Waals surface area contributed by atoms with Gasteiger partial charge in [0.15, 0.2) is 0 Å². The van der Waals surface area contributed by atoms with Crippen LogP contribution in [-0.2, 0) is 15.9 Å². The quantitative estimate of drug-likeness (QED) is 0.0539. The number of hydrogen-bond acceptors (Lipinski definition) is 4. The number of unbranched alkanes of at least 4 members (excludes halogenated alkanes) is 18. The van der Waals surface area contributed by atoms with Crippen molar-refractivity contribution in [1.82, 2.24) is 15.3 Å². The molecular formula is C44H79N3O2. The van der Waals surface area contributed by atoms with Crippen LogP contribution in [0, 0.1) is 0 Å². The smallest absolute Gasteiger partial charge is 0.0923 e. The van der Waals surface area contributed by atoms with Crippen LogP contribution in [0.15, 0.2) is 61.1 Å². The zero-order valence-corrected chi connectivity index (χ0v) is 32.3. The molecule has 5 heteroatoms. The fraction of sp³-hybridized carbons (Fsp3) is 0.750. The van der Waals surface area contributed by atoms with Crippen LogP contribution in [0.3, 0.4) is 0 Å². The molecule has 1 rings (SSSR count). The SMILES string of the molecule is CCCCC/C=C\C/C=C\CCCCCCCCOCC(COCCCCCCCC/C=C\C/C=C\CCCCC)NCCc1c[nH]cn1. The lowest BCUT2D eigenvalue weighted by molar-refractivity contribution is 0.0530. The molecule has 0 aromatic carbocycles. The van der Waals surface area contributed by atoms with Gasteiger partial charge in [0, 0.05) is 32.4 Å². The second-order valence-electron chi connectivity index (χ2n) is 13.8. The molecular weight excluding hydrogens is 603 g/mol. The van der Waals surface area contributed by atoms with Gasteiger partial charge in [-0.3, -0.25) is 0 Å².